The normalized spacial score (nSPS) is 45.5. The fourth-order valence-corrected chi connectivity index (χ4v) is 3.03. The summed E-state index contributed by atoms with van der Waals surface area (Å²) < 4.78 is 21.7. The van der Waals surface area contributed by atoms with Crippen molar-refractivity contribution in [2.45, 2.75) is 81.5 Å². The lowest BCUT2D eigenvalue weighted by Crippen LogP contribution is -2.63. The Balaban J connectivity index is 2.13. The predicted molar refractivity (Wildman–Crippen MR) is 86.1 cm³/mol. The van der Waals surface area contributed by atoms with Gasteiger partial charge in [-0.25, -0.2) is 0 Å². The van der Waals surface area contributed by atoms with Crippen molar-refractivity contribution in [3.63, 3.8) is 0 Å². The minimum absolute atomic E-state index is 0.172. The van der Waals surface area contributed by atoms with Crippen LogP contribution in [0, 0.1) is 0 Å². The number of aliphatic hydroxyl groups excluding tert-OH is 6. The molecule has 0 aromatic rings. The van der Waals surface area contributed by atoms with Crippen LogP contribution in [0.15, 0.2) is 0 Å². The summed E-state index contributed by atoms with van der Waals surface area (Å²) in [5, 5.41) is 59.7. The van der Waals surface area contributed by atoms with Gasteiger partial charge in [0.1, 0.15) is 48.8 Å². The number of ether oxygens (including phenoxy) is 4. The molecular weight excluding hydrogens is 352 g/mol. The molecule has 154 valence electrons. The van der Waals surface area contributed by atoms with Gasteiger partial charge < -0.3 is 49.6 Å². The molecule has 2 heterocycles. The quantitative estimate of drug-likeness (QED) is 0.270. The third kappa shape index (κ3) is 4.71. The lowest BCUT2D eigenvalue weighted by atomic mass is 9.97. The molecule has 0 radical (unpaired) electrons. The van der Waals surface area contributed by atoms with E-state index in [0.29, 0.717) is 6.42 Å². The summed E-state index contributed by atoms with van der Waals surface area (Å²) in [6, 6.07) is 0. The highest BCUT2D eigenvalue weighted by molar-refractivity contribution is 4.93. The molecular formula is C16H30O10. The number of hydrogen-bond acceptors (Lipinski definition) is 10. The Bertz CT molecular complexity index is 424. The van der Waals surface area contributed by atoms with E-state index in [2.05, 4.69) is 0 Å². The summed E-state index contributed by atoms with van der Waals surface area (Å²) in [5.41, 5.74) is 0. The zero-order chi connectivity index (χ0) is 19.4. The first-order valence-corrected chi connectivity index (χ1v) is 8.85. The molecule has 0 aromatic heterocycles. The van der Waals surface area contributed by atoms with Crippen LogP contribution in [0.3, 0.4) is 0 Å². The van der Waals surface area contributed by atoms with Gasteiger partial charge in [0, 0.05) is 0 Å². The molecule has 0 amide bonds. The first-order valence-electron chi connectivity index (χ1n) is 8.85. The average Bonchev–Trinajstić information content (AvgIpc) is 2.63. The lowest BCUT2D eigenvalue weighted by molar-refractivity contribution is -0.342. The van der Waals surface area contributed by atoms with Gasteiger partial charge in [-0.05, 0) is 13.3 Å². The summed E-state index contributed by atoms with van der Waals surface area (Å²) in [5.74, 6) is 0. The molecule has 0 aromatic carbocycles. The molecule has 26 heavy (non-hydrogen) atoms. The maximum atomic E-state index is 10.5. The van der Waals surface area contributed by atoms with Gasteiger partial charge in [-0.3, -0.25) is 0 Å². The third-order valence-corrected chi connectivity index (χ3v) is 4.84. The zero-order valence-electron chi connectivity index (χ0n) is 14.9. The van der Waals surface area contributed by atoms with Gasteiger partial charge in [0.25, 0.3) is 0 Å². The largest absolute Gasteiger partial charge is 0.394 e. The molecule has 2 rings (SSSR count). The van der Waals surface area contributed by atoms with E-state index in [1.165, 1.54) is 0 Å². The Kier molecular flexibility index (Phi) is 8.16. The molecule has 2 aliphatic heterocycles. The summed E-state index contributed by atoms with van der Waals surface area (Å²) in [4.78, 5) is 0. The Morgan fingerprint density at radius 1 is 0.962 bits per heavy atom. The fourth-order valence-electron chi connectivity index (χ4n) is 3.03. The van der Waals surface area contributed by atoms with E-state index < -0.39 is 68.3 Å². The van der Waals surface area contributed by atoms with Crippen LogP contribution in [0.4, 0.5) is 0 Å². The van der Waals surface area contributed by atoms with Crippen molar-refractivity contribution in [2.75, 3.05) is 19.8 Å². The SMILES string of the molecule is CC[C@H](C)OC1C(O)C(CO)OC(OC2C(O)C(CO)OC[C@H]2O)C1O. The number of aliphatic hydroxyl groups is 6. The van der Waals surface area contributed by atoms with Crippen molar-refractivity contribution in [2.24, 2.45) is 0 Å². The Morgan fingerprint density at radius 2 is 1.58 bits per heavy atom. The number of rotatable bonds is 7. The maximum Gasteiger partial charge on any atom is 0.187 e. The van der Waals surface area contributed by atoms with Crippen LogP contribution in [-0.2, 0) is 18.9 Å². The molecule has 0 spiro atoms. The van der Waals surface area contributed by atoms with E-state index in [1.807, 2.05) is 6.92 Å². The molecule has 8 unspecified atom stereocenters. The summed E-state index contributed by atoms with van der Waals surface area (Å²) in [6.07, 6.45) is -10.5. The van der Waals surface area contributed by atoms with Crippen molar-refractivity contribution in [1.82, 2.24) is 0 Å². The minimum atomic E-state index is -1.42. The van der Waals surface area contributed by atoms with Crippen LogP contribution in [0.25, 0.3) is 0 Å². The van der Waals surface area contributed by atoms with E-state index in [-0.39, 0.29) is 12.7 Å². The molecule has 6 N–H and O–H groups in total. The van der Waals surface area contributed by atoms with Gasteiger partial charge in [-0.1, -0.05) is 6.92 Å². The molecule has 10 nitrogen and oxygen atoms in total. The van der Waals surface area contributed by atoms with Crippen LogP contribution in [-0.4, -0.2) is 112 Å². The molecule has 0 bridgehead atoms. The molecule has 0 aliphatic carbocycles. The molecule has 0 saturated carbocycles. The van der Waals surface area contributed by atoms with Gasteiger partial charge >= 0.3 is 0 Å². The second-order valence-corrected chi connectivity index (χ2v) is 6.74. The van der Waals surface area contributed by atoms with Crippen molar-refractivity contribution < 1.29 is 49.6 Å². The lowest BCUT2D eigenvalue weighted by Gasteiger charge is -2.45. The topological polar surface area (TPSA) is 158 Å². The highest BCUT2D eigenvalue weighted by Crippen LogP contribution is 2.29. The van der Waals surface area contributed by atoms with Crippen LogP contribution in [0.2, 0.25) is 0 Å². The minimum Gasteiger partial charge on any atom is -0.394 e. The van der Waals surface area contributed by atoms with Crippen molar-refractivity contribution in [1.29, 1.82) is 0 Å². The van der Waals surface area contributed by atoms with Gasteiger partial charge in [0.15, 0.2) is 6.29 Å². The number of hydrogen-bond donors (Lipinski definition) is 6. The highest BCUT2D eigenvalue weighted by Gasteiger charge is 2.49. The Labute approximate surface area is 151 Å². The highest BCUT2D eigenvalue weighted by atomic mass is 16.7. The maximum absolute atomic E-state index is 10.5. The summed E-state index contributed by atoms with van der Waals surface area (Å²) in [7, 11) is 0. The Morgan fingerprint density at radius 3 is 2.15 bits per heavy atom. The molecule has 2 aliphatic rings. The van der Waals surface area contributed by atoms with E-state index >= 15 is 0 Å². The summed E-state index contributed by atoms with van der Waals surface area (Å²) in [6.45, 7) is 2.47. The van der Waals surface area contributed by atoms with Crippen LogP contribution >= 0.6 is 0 Å². The Hall–Kier alpha value is -0.400. The zero-order valence-corrected chi connectivity index (χ0v) is 14.9. The standard InChI is InChI=1S/C16H30O10/c1-3-7(2)24-15-12(21)10(5-18)25-16(13(15)22)26-14-8(19)6-23-9(4-17)11(14)20/h7-22H,3-6H2,1-2H3/t7-,8+,9?,10?,11?,12?,13?,14?,15?,16?/m0/s1. The monoisotopic (exact) mass is 382 g/mol. The van der Waals surface area contributed by atoms with Gasteiger partial charge in [-0.2, -0.15) is 0 Å². The van der Waals surface area contributed by atoms with Crippen LogP contribution < -0.4 is 0 Å². The molecule has 2 saturated heterocycles. The van der Waals surface area contributed by atoms with Crippen LogP contribution in [0.5, 0.6) is 0 Å². The predicted octanol–water partition coefficient (Wildman–Crippen LogP) is -2.89. The van der Waals surface area contributed by atoms with E-state index in [0.717, 1.165) is 0 Å². The average molecular weight is 382 g/mol. The van der Waals surface area contributed by atoms with Crippen LogP contribution in [0.1, 0.15) is 20.3 Å². The smallest absolute Gasteiger partial charge is 0.187 e. The van der Waals surface area contributed by atoms with Gasteiger partial charge in [0.2, 0.25) is 0 Å². The second-order valence-electron chi connectivity index (χ2n) is 6.74. The fraction of sp³-hybridized carbons (Fsp3) is 1.00. The first kappa shape index (κ1) is 21.9. The molecule has 2 fully saturated rings. The first-order chi connectivity index (χ1) is 12.3. The van der Waals surface area contributed by atoms with Crippen molar-refractivity contribution in [3.8, 4) is 0 Å². The van der Waals surface area contributed by atoms with Crippen molar-refractivity contribution >= 4 is 0 Å². The molecule has 10 atom stereocenters. The second kappa shape index (κ2) is 9.69. The summed E-state index contributed by atoms with van der Waals surface area (Å²) >= 11 is 0. The van der Waals surface area contributed by atoms with E-state index in [9.17, 15) is 30.6 Å². The molecule has 10 heteroatoms. The van der Waals surface area contributed by atoms with E-state index in [1.54, 1.807) is 6.92 Å². The van der Waals surface area contributed by atoms with E-state index in [4.69, 9.17) is 18.9 Å². The van der Waals surface area contributed by atoms with Gasteiger partial charge in [-0.15, -0.1) is 0 Å². The van der Waals surface area contributed by atoms with Crippen molar-refractivity contribution in [3.05, 3.63) is 0 Å². The van der Waals surface area contributed by atoms with Gasteiger partial charge in [0.05, 0.1) is 25.9 Å². The third-order valence-electron chi connectivity index (χ3n) is 4.84.